The van der Waals surface area contributed by atoms with Crippen LogP contribution in [0.25, 0.3) is 0 Å². The maximum Gasteiger partial charge on any atom is 0.271 e. The van der Waals surface area contributed by atoms with Crippen molar-refractivity contribution in [2.75, 3.05) is 16.5 Å². The lowest BCUT2D eigenvalue weighted by atomic mass is 10.1. The van der Waals surface area contributed by atoms with Crippen LogP contribution in [-0.2, 0) is 6.42 Å². The van der Waals surface area contributed by atoms with Gasteiger partial charge in [0.15, 0.2) is 11.6 Å². The molecule has 5 N–H and O–H groups in total. The first-order chi connectivity index (χ1) is 14.1. The van der Waals surface area contributed by atoms with Crippen LogP contribution in [0.2, 0.25) is 5.02 Å². The largest absolute Gasteiger partial charge is 0.393 e. The molecule has 0 radical (unpaired) electrons. The molecule has 150 valence electrons. The zero-order valence-electron chi connectivity index (χ0n) is 16.1. The molecule has 8 heteroatoms. The van der Waals surface area contributed by atoms with Gasteiger partial charge in [0.05, 0.1) is 10.6 Å². The number of hydrazine groups is 1. The Morgan fingerprint density at radius 2 is 1.79 bits per heavy atom. The number of amides is 1. The summed E-state index contributed by atoms with van der Waals surface area (Å²) in [7, 11) is 0. The SMILES string of the molecule is CCCCc1ccc(Nc2ncnc(NNC(=O)c3ccccc3Cl)c2N)cc1. The van der Waals surface area contributed by atoms with Gasteiger partial charge in [-0.2, -0.15) is 0 Å². The molecule has 0 saturated carbocycles. The molecular weight excluding hydrogens is 388 g/mol. The van der Waals surface area contributed by atoms with E-state index in [4.69, 9.17) is 17.3 Å². The van der Waals surface area contributed by atoms with Gasteiger partial charge in [-0.3, -0.25) is 15.6 Å². The number of hydrogen-bond acceptors (Lipinski definition) is 6. The molecular formula is C21H23ClN6O. The summed E-state index contributed by atoms with van der Waals surface area (Å²) >= 11 is 6.04. The number of hydrogen-bond donors (Lipinski definition) is 4. The quantitative estimate of drug-likeness (QED) is 0.406. The lowest BCUT2D eigenvalue weighted by molar-refractivity contribution is 0.0962. The molecule has 0 aliphatic heterocycles. The summed E-state index contributed by atoms with van der Waals surface area (Å²) in [6.07, 6.45) is 4.75. The third-order valence-corrected chi connectivity index (χ3v) is 4.66. The van der Waals surface area contributed by atoms with Crippen LogP contribution >= 0.6 is 11.6 Å². The van der Waals surface area contributed by atoms with E-state index in [0.29, 0.717) is 16.4 Å². The fraction of sp³-hybridized carbons (Fsp3) is 0.190. The summed E-state index contributed by atoms with van der Waals surface area (Å²) in [5.74, 6) is 0.323. The van der Waals surface area contributed by atoms with E-state index in [1.807, 2.05) is 12.1 Å². The molecule has 0 saturated heterocycles. The van der Waals surface area contributed by atoms with Gasteiger partial charge in [0, 0.05) is 5.69 Å². The zero-order valence-corrected chi connectivity index (χ0v) is 16.8. The van der Waals surface area contributed by atoms with Crippen molar-refractivity contribution >= 4 is 40.5 Å². The number of aromatic nitrogens is 2. The van der Waals surface area contributed by atoms with Crippen molar-refractivity contribution in [2.24, 2.45) is 0 Å². The summed E-state index contributed by atoms with van der Waals surface area (Å²) in [6, 6.07) is 14.9. The van der Waals surface area contributed by atoms with Crippen LogP contribution in [-0.4, -0.2) is 15.9 Å². The van der Waals surface area contributed by atoms with Gasteiger partial charge in [0.2, 0.25) is 0 Å². The average Bonchev–Trinajstić information content (AvgIpc) is 2.74. The number of nitrogens with zero attached hydrogens (tertiary/aromatic N) is 2. The number of nitrogens with two attached hydrogens (primary N) is 1. The Labute approximate surface area is 174 Å². The topological polar surface area (TPSA) is 105 Å². The maximum absolute atomic E-state index is 12.3. The number of nitrogen functional groups attached to an aromatic ring is 1. The van der Waals surface area contributed by atoms with E-state index in [0.717, 1.165) is 12.1 Å². The molecule has 1 heterocycles. The number of benzene rings is 2. The number of rotatable bonds is 8. The number of carbonyl (C=O) groups is 1. The predicted molar refractivity (Wildman–Crippen MR) is 117 cm³/mol. The molecule has 1 amide bonds. The van der Waals surface area contributed by atoms with Gasteiger partial charge < -0.3 is 11.1 Å². The summed E-state index contributed by atoms with van der Waals surface area (Å²) in [4.78, 5) is 20.5. The standard InChI is InChI=1S/C21H23ClN6O/c1-2-3-6-14-9-11-15(12-10-14)26-19-18(23)20(25-13-24-19)27-28-21(29)16-7-4-5-8-17(16)22/h4-5,7-13H,2-3,6,23H2,1H3,(H,28,29)(H2,24,25,26,27). The molecule has 0 aliphatic rings. The van der Waals surface area contributed by atoms with Crippen molar-refractivity contribution in [3.63, 3.8) is 0 Å². The number of aryl methyl sites for hydroxylation is 1. The number of halogens is 1. The number of carbonyl (C=O) groups excluding carboxylic acids is 1. The van der Waals surface area contributed by atoms with Crippen LogP contribution in [0.1, 0.15) is 35.7 Å². The van der Waals surface area contributed by atoms with Crippen molar-refractivity contribution in [1.29, 1.82) is 0 Å². The first-order valence-corrected chi connectivity index (χ1v) is 9.73. The van der Waals surface area contributed by atoms with Crippen LogP contribution in [0.15, 0.2) is 54.9 Å². The van der Waals surface area contributed by atoms with Crippen LogP contribution < -0.4 is 21.9 Å². The Hall–Kier alpha value is -3.32. The van der Waals surface area contributed by atoms with Crippen LogP contribution in [0, 0.1) is 0 Å². The first-order valence-electron chi connectivity index (χ1n) is 9.35. The first kappa shape index (κ1) is 20.4. The molecule has 3 rings (SSSR count). The second-order valence-corrected chi connectivity index (χ2v) is 6.88. The molecule has 1 aromatic heterocycles. The zero-order chi connectivity index (χ0) is 20.6. The molecule has 0 spiro atoms. The van der Waals surface area contributed by atoms with Gasteiger partial charge in [-0.05, 0) is 42.7 Å². The Balaban J connectivity index is 1.66. The van der Waals surface area contributed by atoms with Crippen molar-refractivity contribution in [3.05, 3.63) is 71.0 Å². The highest BCUT2D eigenvalue weighted by Crippen LogP contribution is 2.25. The minimum atomic E-state index is -0.397. The van der Waals surface area contributed by atoms with E-state index >= 15 is 0 Å². The number of anilines is 4. The highest BCUT2D eigenvalue weighted by Gasteiger charge is 2.12. The van der Waals surface area contributed by atoms with Crippen molar-refractivity contribution in [3.8, 4) is 0 Å². The van der Waals surface area contributed by atoms with E-state index in [1.54, 1.807) is 24.3 Å². The molecule has 0 bridgehead atoms. The smallest absolute Gasteiger partial charge is 0.271 e. The number of unbranched alkanes of at least 4 members (excludes halogenated alkanes) is 1. The molecule has 2 aromatic carbocycles. The average molecular weight is 411 g/mol. The fourth-order valence-electron chi connectivity index (χ4n) is 2.70. The van der Waals surface area contributed by atoms with Crippen molar-refractivity contribution < 1.29 is 4.79 Å². The fourth-order valence-corrected chi connectivity index (χ4v) is 2.92. The summed E-state index contributed by atoms with van der Waals surface area (Å²) in [5.41, 5.74) is 14.2. The lowest BCUT2D eigenvalue weighted by Gasteiger charge is -2.13. The van der Waals surface area contributed by atoms with Crippen molar-refractivity contribution in [1.82, 2.24) is 15.4 Å². The molecule has 0 unspecified atom stereocenters. The van der Waals surface area contributed by atoms with Gasteiger partial charge in [0.1, 0.15) is 12.0 Å². The van der Waals surface area contributed by atoms with Crippen molar-refractivity contribution in [2.45, 2.75) is 26.2 Å². The van der Waals surface area contributed by atoms with Crippen LogP contribution in [0.3, 0.4) is 0 Å². The van der Waals surface area contributed by atoms with Gasteiger partial charge in [0.25, 0.3) is 5.91 Å². The third kappa shape index (κ3) is 5.36. The van der Waals surface area contributed by atoms with E-state index in [9.17, 15) is 4.79 Å². The second kappa shape index (κ2) is 9.75. The Kier molecular flexibility index (Phi) is 6.86. The molecule has 0 atom stereocenters. The van der Waals surface area contributed by atoms with Gasteiger partial charge in [-0.1, -0.05) is 49.2 Å². The third-order valence-electron chi connectivity index (χ3n) is 4.33. The Morgan fingerprint density at radius 1 is 1.07 bits per heavy atom. The summed E-state index contributed by atoms with van der Waals surface area (Å²) in [5, 5.41) is 3.53. The van der Waals surface area contributed by atoms with E-state index < -0.39 is 5.91 Å². The van der Waals surface area contributed by atoms with Crippen LogP contribution in [0.4, 0.5) is 23.0 Å². The van der Waals surface area contributed by atoms with Gasteiger partial charge in [-0.15, -0.1) is 0 Å². The monoisotopic (exact) mass is 410 g/mol. The lowest BCUT2D eigenvalue weighted by Crippen LogP contribution is -2.30. The molecule has 3 aromatic rings. The minimum absolute atomic E-state index is 0.280. The normalized spacial score (nSPS) is 10.4. The van der Waals surface area contributed by atoms with Gasteiger partial charge in [-0.25, -0.2) is 9.97 Å². The van der Waals surface area contributed by atoms with Gasteiger partial charge >= 0.3 is 0 Å². The van der Waals surface area contributed by atoms with E-state index in [2.05, 4.69) is 45.2 Å². The maximum atomic E-state index is 12.3. The highest BCUT2D eigenvalue weighted by molar-refractivity contribution is 6.33. The predicted octanol–water partition coefficient (Wildman–Crippen LogP) is 4.56. The van der Waals surface area contributed by atoms with E-state index in [-0.39, 0.29) is 11.5 Å². The summed E-state index contributed by atoms with van der Waals surface area (Å²) in [6.45, 7) is 2.18. The molecule has 0 aliphatic carbocycles. The molecule has 0 fully saturated rings. The van der Waals surface area contributed by atoms with E-state index in [1.165, 1.54) is 24.7 Å². The molecule has 7 nitrogen and oxygen atoms in total. The minimum Gasteiger partial charge on any atom is -0.393 e. The van der Waals surface area contributed by atoms with Crippen LogP contribution in [0.5, 0.6) is 0 Å². The Morgan fingerprint density at radius 3 is 2.52 bits per heavy atom. The number of nitrogens with one attached hydrogen (secondary N) is 3. The highest BCUT2D eigenvalue weighted by atomic mass is 35.5. The molecule has 29 heavy (non-hydrogen) atoms. The summed E-state index contributed by atoms with van der Waals surface area (Å²) < 4.78 is 0. The Bertz CT molecular complexity index is 977. The second-order valence-electron chi connectivity index (χ2n) is 6.47.